The Morgan fingerprint density at radius 2 is 2.50 bits per heavy atom. The van der Waals surface area contributed by atoms with Crippen molar-refractivity contribution in [2.75, 3.05) is 33.7 Å². The van der Waals surface area contributed by atoms with E-state index in [0.29, 0.717) is 5.92 Å². The third-order valence-corrected chi connectivity index (χ3v) is 4.47. The maximum atomic E-state index is 12.2. The second kappa shape index (κ2) is 5.82. The summed E-state index contributed by atoms with van der Waals surface area (Å²) in [7, 11) is 3.98. The first-order chi connectivity index (χ1) is 8.58. The molecule has 2 rings (SSSR count). The molecule has 0 spiro atoms. The lowest BCUT2D eigenvalue weighted by atomic mass is 10.1. The number of hydrogen-bond donors (Lipinski definition) is 1. The van der Waals surface area contributed by atoms with Crippen LogP contribution in [0.5, 0.6) is 0 Å². The molecule has 1 amide bonds. The molecule has 2 atom stereocenters. The van der Waals surface area contributed by atoms with Crippen LogP contribution in [0.2, 0.25) is 0 Å². The number of likely N-dealkylation sites (tertiary alicyclic amines) is 1. The Kier molecular flexibility index (Phi) is 4.37. The van der Waals surface area contributed by atoms with Gasteiger partial charge in [0.1, 0.15) is 6.04 Å². The standard InChI is InChI=1S/C13H21N3OS/c1-15-6-5-10(8-15)9-16(2)13(17)12(14)11-4-3-7-18-11/h3-4,7,10,12H,5-6,8-9,14H2,1-2H3. The fraction of sp³-hybridized carbons (Fsp3) is 0.615. The summed E-state index contributed by atoms with van der Waals surface area (Å²) in [6.45, 7) is 3.01. The number of thiophene rings is 1. The Morgan fingerprint density at radius 3 is 3.06 bits per heavy atom. The number of nitrogens with two attached hydrogens (primary N) is 1. The van der Waals surface area contributed by atoms with E-state index in [2.05, 4.69) is 11.9 Å². The average Bonchev–Trinajstić information content (AvgIpc) is 2.98. The molecule has 100 valence electrons. The van der Waals surface area contributed by atoms with Gasteiger partial charge in [-0.05, 0) is 37.4 Å². The first-order valence-corrected chi connectivity index (χ1v) is 7.18. The summed E-state index contributed by atoms with van der Waals surface area (Å²) < 4.78 is 0. The Labute approximate surface area is 112 Å². The molecule has 2 N–H and O–H groups in total. The monoisotopic (exact) mass is 267 g/mol. The van der Waals surface area contributed by atoms with Crippen molar-refractivity contribution < 1.29 is 4.79 Å². The Bertz CT molecular complexity index is 393. The molecule has 4 nitrogen and oxygen atoms in total. The van der Waals surface area contributed by atoms with E-state index in [-0.39, 0.29) is 5.91 Å². The highest BCUT2D eigenvalue weighted by Crippen LogP contribution is 2.20. The van der Waals surface area contributed by atoms with Crippen LogP contribution >= 0.6 is 11.3 Å². The third-order valence-electron chi connectivity index (χ3n) is 3.51. The second-order valence-electron chi connectivity index (χ2n) is 5.13. The molecule has 1 aromatic heterocycles. The summed E-state index contributed by atoms with van der Waals surface area (Å²) in [5.41, 5.74) is 5.99. The van der Waals surface area contributed by atoms with Crippen LogP contribution in [0.3, 0.4) is 0 Å². The van der Waals surface area contributed by atoms with Crippen molar-refractivity contribution in [3.05, 3.63) is 22.4 Å². The van der Waals surface area contributed by atoms with Crippen molar-refractivity contribution in [1.29, 1.82) is 0 Å². The van der Waals surface area contributed by atoms with Crippen LogP contribution in [0.1, 0.15) is 17.3 Å². The fourth-order valence-electron chi connectivity index (χ4n) is 2.48. The van der Waals surface area contributed by atoms with Crippen LogP contribution in [0.15, 0.2) is 17.5 Å². The lowest BCUT2D eigenvalue weighted by molar-refractivity contribution is -0.131. The molecule has 0 saturated carbocycles. The van der Waals surface area contributed by atoms with Crippen LogP contribution < -0.4 is 5.73 Å². The number of carbonyl (C=O) groups is 1. The number of likely N-dealkylation sites (N-methyl/N-ethyl adjacent to an activating group) is 1. The van der Waals surface area contributed by atoms with Crippen molar-refractivity contribution >= 4 is 17.2 Å². The zero-order valence-electron chi connectivity index (χ0n) is 11.0. The molecule has 2 heterocycles. The molecule has 1 aromatic rings. The Hall–Kier alpha value is -0.910. The molecular formula is C13H21N3OS. The van der Waals surface area contributed by atoms with Gasteiger partial charge in [0, 0.05) is 25.0 Å². The smallest absolute Gasteiger partial charge is 0.244 e. The zero-order chi connectivity index (χ0) is 13.1. The lowest BCUT2D eigenvalue weighted by Gasteiger charge is -2.23. The molecule has 1 saturated heterocycles. The molecule has 2 unspecified atom stereocenters. The second-order valence-corrected chi connectivity index (χ2v) is 6.11. The molecule has 1 aliphatic rings. The number of hydrogen-bond acceptors (Lipinski definition) is 4. The van der Waals surface area contributed by atoms with Crippen molar-refractivity contribution in [2.24, 2.45) is 11.7 Å². The Balaban J connectivity index is 1.88. The highest BCUT2D eigenvalue weighted by Gasteiger charge is 2.25. The normalized spacial score (nSPS) is 22.1. The van der Waals surface area contributed by atoms with Gasteiger partial charge < -0.3 is 15.5 Å². The Morgan fingerprint density at radius 1 is 1.72 bits per heavy atom. The molecule has 5 heteroatoms. The first kappa shape index (κ1) is 13.5. The van der Waals surface area contributed by atoms with Crippen LogP contribution in [0.25, 0.3) is 0 Å². The van der Waals surface area contributed by atoms with E-state index in [1.165, 1.54) is 17.8 Å². The summed E-state index contributed by atoms with van der Waals surface area (Å²) in [6, 6.07) is 3.35. The van der Waals surface area contributed by atoms with Crippen LogP contribution in [-0.2, 0) is 4.79 Å². The van der Waals surface area contributed by atoms with Gasteiger partial charge >= 0.3 is 0 Å². The van der Waals surface area contributed by atoms with Crippen molar-refractivity contribution in [3.63, 3.8) is 0 Å². The van der Waals surface area contributed by atoms with Gasteiger partial charge in [0.05, 0.1) is 0 Å². The fourth-order valence-corrected chi connectivity index (χ4v) is 3.20. The maximum absolute atomic E-state index is 12.2. The van der Waals surface area contributed by atoms with E-state index in [9.17, 15) is 4.79 Å². The van der Waals surface area contributed by atoms with Crippen molar-refractivity contribution in [3.8, 4) is 0 Å². The summed E-state index contributed by atoms with van der Waals surface area (Å²) in [5, 5.41) is 1.95. The maximum Gasteiger partial charge on any atom is 0.244 e. The number of carbonyl (C=O) groups excluding carboxylic acids is 1. The average molecular weight is 267 g/mol. The van der Waals surface area contributed by atoms with E-state index in [1.54, 1.807) is 4.90 Å². The van der Waals surface area contributed by atoms with E-state index in [1.807, 2.05) is 24.6 Å². The molecule has 0 radical (unpaired) electrons. The summed E-state index contributed by atoms with van der Waals surface area (Å²) in [6.07, 6.45) is 1.17. The molecule has 0 aliphatic carbocycles. The van der Waals surface area contributed by atoms with Gasteiger partial charge in [-0.2, -0.15) is 0 Å². The van der Waals surface area contributed by atoms with Gasteiger partial charge in [-0.3, -0.25) is 4.79 Å². The van der Waals surface area contributed by atoms with Crippen LogP contribution in [0.4, 0.5) is 0 Å². The van der Waals surface area contributed by atoms with Gasteiger partial charge in [0.25, 0.3) is 0 Å². The van der Waals surface area contributed by atoms with E-state index in [4.69, 9.17) is 5.73 Å². The van der Waals surface area contributed by atoms with Crippen molar-refractivity contribution in [2.45, 2.75) is 12.5 Å². The summed E-state index contributed by atoms with van der Waals surface area (Å²) in [5.74, 6) is 0.603. The van der Waals surface area contributed by atoms with Gasteiger partial charge in [-0.1, -0.05) is 6.07 Å². The van der Waals surface area contributed by atoms with Gasteiger partial charge in [-0.25, -0.2) is 0 Å². The minimum atomic E-state index is -0.505. The SMILES string of the molecule is CN1CCC(CN(C)C(=O)C(N)c2cccs2)C1. The third kappa shape index (κ3) is 3.10. The topological polar surface area (TPSA) is 49.6 Å². The summed E-state index contributed by atoms with van der Waals surface area (Å²) in [4.78, 5) is 17.2. The molecule has 0 aromatic carbocycles. The quantitative estimate of drug-likeness (QED) is 0.890. The minimum Gasteiger partial charge on any atom is -0.344 e. The number of rotatable bonds is 4. The first-order valence-electron chi connectivity index (χ1n) is 6.30. The zero-order valence-corrected chi connectivity index (χ0v) is 11.8. The van der Waals surface area contributed by atoms with Gasteiger partial charge in [0.15, 0.2) is 0 Å². The number of nitrogens with zero attached hydrogens (tertiary/aromatic N) is 2. The van der Waals surface area contributed by atoms with E-state index < -0.39 is 6.04 Å². The van der Waals surface area contributed by atoms with E-state index in [0.717, 1.165) is 24.5 Å². The molecule has 0 bridgehead atoms. The predicted octanol–water partition coefficient (Wildman–Crippen LogP) is 1.16. The van der Waals surface area contributed by atoms with Crippen LogP contribution in [-0.4, -0.2) is 49.4 Å². The lowest BCUT2D eigenvalue weighted by Crippen LogP contribution is -2.38. The predicted molar refractivity (Wildman–Crippen MR) is 74.5 cm³/mol. The molecular weight excluding hydrogens is 246 g/mol. The molecule has 18 heavy (non-hydrogen) atoms. The number of amides is 1. The highest BCUT2D eigenvalue weighted by molar-refractivity contribution is 7.10. The van der Waals surface area contributed by atoms with Crippen LogP contribution in [0, 0.1) is 5.92 Å². The van der Waals surface area contributed by atoms with Gasteiger partial charge in [0.2, 0.25) is 5.91 Å². The molecule has 1 fully saturated rings. The molecule has 1 aliphatic heterocycles. The minimum absolute atomic E-state index is 0.0204. The van der Waals surface area contributed by atoms with Crippen molar-refractivity contribution in [1.82, 2.24) is 9.80 Å². The van der Waals surface area contributed by atoms with E-state index >= 15 is 0 Å². The summed E-state index contributed by atoms with van der Waals surface area (Å²) >= 11 is 1.54. The van der Waals surface area contributed by atoms with Gasteiger partial charge in [-0.15, -0.1) is 11.3 Å². The highest BCUT2D eigenvalue weighted by atomic mass is 32.1. The largest absolute Gasteiger partial charge is 0.344 e.